The highest BCUT2D eigenvalue weighted by molar-refractivity contribution is 6.18. The third kappa shape index (κ3) is 3.98. The Labute approximate surface area is 308 Å². The van der Waals surface area contributed by atoms with E-state index in [-0.39, 0.29) is 5.41 Å². The zero-order valence-corrected chi connectivity index (χ0v) is 29.5. The molecule has 0 N–H and O–H groups in total. The normalized spacial score (nSPS) is 14.5. The van der Waals surface area contributed by atoms with Crippen LogP contribution < -0.4 is 0 Å². The maximum Gasteiger partial charge on any atom is 0.238 e. The van der Waals surface area contributed by atoms with Crippen molar-refractivity contribution in [3.05, 3.63) is 203 Å². The summed E-state index contributed by atoms with van der Waals surface area (Å²) in [6.07, 6.45) is 0. The van der Waals surface area contributed by atoms with Crippen molar-refractivity contribution in [2.45, 2.75) is 24.7 Å². The number of rotatable bonds is 3. The summed E-state index contributed by atoms with van der Waals surface area (Å²) < 4.78 is 2.24. The molecular weight excluding hydrogens is 645 g/mol. The first kappa shape index (κ1) is 30.0. The highest BCUT2D eigenvalue weighted by Gasteiger charge is 2.53. The maximum atomic E-state index is 5.21. The lowest BCUT2D eigenvalue weighted by Gasteiger charge is -2.46. The monoisotopic (exact) mass is 678 g/mol. The molecule has 0 saturated carbocycles. The highest BCUT2D eigenvalue weighted by atomic mass is 15.2. The third-order valence-corrected chi connectivity index (χ3v) is 11.7. The fourth-order valence-corrected chi connectivity index (χ4v) is 9.52. The van der Waals surface area contributed by atoms with Gasteiger partial charge < -0.3 is 0 Å². The number of aromatic nitrogens is 4. The van der Waals surface area contributed by atoms with Crippen LogP contribution in [0.3, 0.4) is 0 Å². The molecule has 250 valence electrons. The molecule has 0 aliphatic heterocycles. The average molecular weight is 679 g/mol. The second-order valence-electron chi connectivity index (χ2n) is 14.8. The first-order valence-corrected chi connectivity index (χ1v) is 18.3. The van der Waals surface area contributed by atoms with E-state index in [9.17, 15) is 0 Å². The van der Waals surface area contributed by atoms with Gasteiger partial charge in [-0.25, -0.2) is 4.98 Å². The van der Waals surface area contributed by atoms with E-state index < -0.39 is 5.41 Å². The van der Waals surface area contributed by atoms with Crippen LogP contribution in [0.2, 0.25) is 0 Å². The SMILES string of the molecule is CC1(C)c2ccccc2C2(c3ccccc3-c3c2ccc2c3c3ccccc3n2-c2nc(-c3ccccc3)nc(-c3ccccc3)n2)c2ccccc21. The van der Waals surface area contributed by atoms with Crippen molar-refractivity contribution in [2.24, 2.45) is 0 Å². The Hall–Kier alpha value is -6.65. The molecule has 0 atom stereocenters. The molecule has 11 rings (SSSR count). The van der Waals surface area contributed by atoms with Crippen LogP contribution in [0.5, 0.6) is 0 Å². The minimum Gasteiger partial charge on any atom is -0.278 e. The first-order chi connectivity index (χ1) is 26.1. The summed E-state index contributed by atoms with van der Waals surface area (Å²) in [6, 6.07) is 61.1. The molecule has 0 radical (unpaired) electrons. The van der Waals surface area contributed by atoms with Crippen molar-refractivity contribution in [2.75, 3.05) is 0 Å². The lowest BCUT2D eigenvalue weighted by molar-refractivity contribution is 0.563. The predicted molar refractivity (Wildman–Crippen MR) is 214 cm³/mol. The van der Waals surface area contributed by atoms with E-state index in [1.807, 2.05) is 36.4 Å². The largest absolute Gasteiger partial charge is 0.278 e. The second-order valence-corrected chi connectivity index (χ2v) is 14.8. The summed E-state index contributed by atoms with van der Waals surface area (Å²) in [4.78, 5) is 15.4. The molecule has 53 heavy (non-hydrogen) atoms. The van der Waals surface area contributed by atoms with Crippen molar-refractivity contribution >= 4 is 21.8 Å². The van der Waals surface area contributed by atoms with E-state index in [1.165, 1.54) is 55.3 Å². The molecule has 0 bridgehead atoms. The van der Waals surface area contributed by atoms with Crippen molar-refractivity contribution < 1.29 is 0 Å². The van der Waals surface area contributed by atoms with Crippen molar-refractivity contribution in [3.63, 3.8) is 0 Å². The zero-order valence-electron chi connectivity index (χ0n) is 29.5. The average Bonchev–Trinajstić information content (AvgIpc) is 3.72. The fourth-order valence-electron chi connectivity index (χ4n) is 9.52. The van der Waals surface area contributed by atoms with Gasteiger partial charge in [-0.05, 0) is 56.6 Å². The van der Waals surface area contributed by atoms with Gasteiger partial charge >= 0.3 is 0 Å². The van der Waals surface area contributed by atoms with E-state index in [1.54, 1.807) is 0 Å². The van der Waals surface area contributed by atoms with E-state index in [2.05, 4.69) is 152 Å². The molecule has 2 aromatic heterocycles. The lowest BCUT2D eigenvalue weighted by atomic mass is 9.55. The maximum absolute atomic E-state index is 5.21. The molecule has 0 fully saturated rings. The quantitative estimate of drug-likeness (QED) is 0.187. The minimum atomic E-state index is -0.472. The molecule has 2 aliphatic carbocycles. The van der Waals surface area contributed by atoms with Crippen LogP contribution in [0.4, 0.5) is 0 Å². The molecule has 9 aromatic rings. The van der Waals surface area contributed by atoms with Crippen molar-refractivity contribution in [1.29, 1.82) is 0 Å². The molecule has 2 aliphatic rings. The van der Waals surface area contributed by atoms with Gasteiger partial charge in [-0.1, -0.05) is 172 Å². The number of para-hydroxylation sites is 1. The second kappa shape index (κ2) is 10.9. The molecule has 7 aromatic carbocycles. The van der Waals surface area contributed by atoms with Crippen molar-refractivity contribution in [3.8, 4) is 39.9 Å². The Kier molecular flexibility index (Phi) is 6.19. The van der Waals surface area contributed by atoms with Crippen LogP contribution in [0.15, 0.2) is 170 Å². The summed E-state index contributed by atoms with van der Waals surface area (Å²) in [5, 5.41) is 2.39. The molecular formula is C49H34N4. The Morgan fingerprint density at radius 1 is 0.415 bits per heavy atom. The van der Waals surface area contributed by atoms with Crippen LogP contribution in [0.25, 0.3) is 61.7 Å². The van der Waals surface area contributed by atoms with Gasteiger partial charge in [0, 0.05) is 27.3 Å². The van der Waals surface area contributed by atoms with E-state index in [0.29, 0.717) is 17.6 Å². The number of fused-ring (bicyclic) bond motifs is 13. The minimum absolute atomic E-state index is 0.151. The number of benzene rings is 7. The van der Waals surface area contributed by atoms with Gasteiger partial charge in [0.05, 0.1) is 16.4 Å². The summed E-state index contributed by atoms with van der Waals surface area (Å²) in [7, 11) is 0. The Bertz CT molecular complexity index is 2810. The van der Waals surface area contributed by atoms with Crippen LogP contribution in [0.1, 0.15) is 47.2 Å². The van der Waals surface area contributed by atoms with Gasteiger partial charge in [0.2, 0.25) is 5.95 Å². The molecule has 2 heterocycles. The highest BCUT2D eigenvalue weighted by Crippen LogP contribution is 2.63. The Morgan fingerprint density at radius 2 is 0.925 bits per heavy atom. The van der Waals surface area contributed by atoms with Gasteiger partial charge in [0.15, 0.2) is 11.6 Å². The molecule has 4 nitrogen and oxygen atoms in total. The molecule has 4 heteroatoms. The predicted octanol–water partition coefficient (Wildman–Crippen LogP) is 11.3. The number of nitrogens with zero attached hydrogens (tertiary/aromatic N) is 4. The summed E-state index contributed by atoms with van der Waals surface area (Å²) >= 11 is 0. The van der Waals surface area contributed by atoms with Crippen molar-refractivity contribution in [1.82, 2.24) is 19.5 Å². The fraction of sp³-hybridized carbons (Fsp3) is 0.0816. The van der Waals surface area contributed by atoms with E-state index >= 15 is 0 Å². The summed E-state index contributed by atoms with van der Waals surface area (Å²) in [6.45, 7) is 4.75. The summed E-state index contributed by atoms with van der Waals surface area (Å²) in [5.41, 5.74) is 14.0. The van der Waals surface area contributed by atoms with Gasteiger partial charge in [-0.2, -0.15) is 9.97 Å². The van der Waals surface area contributed by atoms with Gasteiger partial charge in [0.1, 0.15) is 0 Å². The number of hydrogen-bond donors (Lipinski definition) is 0. The van der Waals surface area contributed by atoms with Crippen LogP contribution >= 0.6 is 0 Å². The van der Waals surface area contributed by atoms with Crippen LogP contribution in [-0.2, 0) is 10.8 Å². The topological polar surface area (TPSA) is 43.6 Å². The number of hydrogen-bond acceptors (Lipinski definition) is 3. The van der Waals surface area contributed by atoms with Gasteiger partial charge in [0.25, 0.3) is 0 Å². The standard InChI is InChI=1S/C49H34N4/c1-48(2)36-24-12-14-26-38(36)49(39-27-15-13-25-37(39)48)35-23-11-9-21-33(35)43-40(49)29-30-42-44(43)34-22-10-16-28-41(34)53(42)47-51-45(31-17-5-3-6-18-31)50-46(52-47)32-19-7-4-8-20-32/h3-30H,1-2H3. The van der Waals surface area contributed by atoms with E-state index in [0.717, 1.165) is 22.2 Å². The molecule has 0 saturated heterocycles. The Balaban J connectivity index is 1.27. The molecule has 0 amide bonds. The molecule has 1 spiro atoms. The summed E-state index contributed by atoms with van der Waals surface area (Å²) in [5.74, 6) is 1.88. The van der Waals surface area contributed by atoms with Gasteiger partial charge in [-0.15, -0.1) is 0 Å². The Morgan fingerprint density at radius 3 is 1.55 bits per heavy atom. The van der Waals surface area contributed by atoms with Crippen LogP contribution in [-0.4, -0.2) is 19.5 Å². The third-order valence-electron chi connectivity index (χ3n) is 11.7. The van der Waals surface area contributed by atoms with Gasteiger partial charge in [-0.3, -0.25) is 4.57 Å². The van der Waals surface area contributed by atoms with Crippen LogP contribution in [0, 0.1) is 0 Å². The molecule has 0 unspecified atom stereocenters. The first-order valence-electron chi connectivity index (χ1n) is 18.3. The van der Waals surface area contributed by atoms with E-state index in [4.69, 9.17) is 15.0 Å². The lowest BCUT2D eigenvalue weighted by Crippen LogP contribution is -2.40. The zero-order chi connectivity index (χ0) is 35.3. The smallest absolute Gasteiger partial charge is 0.238 e.